The molecule has 1 aromatic heterocycles. The van der Waals surface area contributed by atoms with E-state index in [1.807, 2.05) is 18.2 Å². The van der Waals surface area contributed by atoms with Gasteiger partial charge in [0.05, 0.1) is 17.4 Å². The van der Waals surface area contributed by atoms with Crippen LogP contribution in [0.4, 0.5) is 0 Å². The molecule has 5 nitrogen and oxygen atoms in total. The maximum atomic E-state index is 12.5. The lowest BCUT2D eigenvalue weighted by atomic mass is 10.0. The fraction of sp³-hybridized carbons (Fsp3) is 0.579. The molecular formula is C19H26N4O. The van der Waals surface area contributed by atoms with Crippen molar-refractivity contribution in [3.05, 3.63) is 30.1 Å². The Kier molecular flexibility index (Phi) is 4.52. The number of hydrogen-bond acceptors (Lipinski definition) is 3. The normalized spacial score (nSPS) is 20.7. The molecule has 24 heavy (non-hydrogen) atoms. The Morgan fingerprint density at radius 2 is 2.00 bits per heavy atom. The van der Waals surface area contributed by atoms with Crippen LogP contribution in [0.15, 0.2) is 24.5 Å². The van der Waals surface area contributed by atoms with E-state index in [0.717, 1.165) is 42.9 Å². The molecule has 5 heteroatoms. The number of nitrogens with one attached hydrogen (secondary N) is 2. The average Bonchev–Trinajstić information content (AvgIpc) is 3.27. The molecule has 2 aliphatic rings. The number of amides is 1. The van der Waals surface area contributed by atoms with Crippen molar-refractivity contribution in [3.8, 4) is 0 Å². The molecule has 1 saturated carbocycles. The Morgan fingerprint density at radius 1 is 1.21 bits per heavy atom. The van der Waals surface area contributed by atoms with Crippen LogP contribution in [0.25, 0.3) is 11.0 Å². The number of rotatable bonds is 4. The van der Waals surface area contributed by atoms with Gasteiger partial charge in [-0.2, -0.15) is 0 Å². The first-order valence-corrected chi connectivity index (χ1v) is 9.24. The van der Waals surface area contributed by atoms with Crippen molar-refractivity contribution in [2.24, 2.45) is 5.92 Å². The second-order valence-corrected chi connectivity index (χ2v) is 7.33. The van der Waals surface area contributed by atoms with Crippen LogP contribution < -0.4 is 5.32 Å². The molecule has 2 aromatic rings. The van der Waals surface area contributed by atoms with Crippen LogP contribution in [-0.4, -0.2) is 46.5 Å². The van der Waals surface area contributed by atoms with E-state index in [9.17, 15) is 4.79 Å². The summed E-state index contributed by atoms with van der Waals surface area (Å²) in [5.41, 5.74) is 2.51. The number of piperidine rings is 1. The van der Waals surface area contributed by atoms with Crippen LogP contribution in [0.5, 0.6) is 0 Å². The van der Waals surface area contributed by atoms with Gasteiger partial charge in [0.15, 0.2) is 0 Å². The summed E-state index contributed by atoms with van der Waals surface area (Å²) >= 11 is 0. The van der Waals surface area contributed by atoms with Gasteiger partial charge in [-0.25, -0.2) is 4.98 Å². The molecule has 2 heterocycles. The minimum Gasteiger partial charge on any atom is -0.349 e. The number of nitrogens with zero attached hydrogens (tertiary/aromatic N) is 2. The molecule has 128 valence electrons. The van der Waals surface area contributed by atoms with Gasteiger partial charge in [0.25, 0.3) is 5.91 Å². The number of carbonyl (C=O) groups is 1. The van der Waals surface area contributed by atoms with Crippen molar-refractivity contribution < 1.29 is 4.79 Å². The summed E-state index contributed by atoms with van der Waals surface area (Å²) in [7, 11) is 0. The minimum atomic E-state index is 0.0285. The van der Waals surface area contributed by atoms with Crippen LogP contribution >= 0.6 is 0 Å². The van der Waals surface area contributed by atoms with Crippen LogP contribution in [0, 0.1) is 5.92 Å². The van der Waals surface area contributed by atoms with E-state index in [4.69, 9.17) is 0 Å². The van der Waals surface area contributed by atoms with Crippen molar-refractivity contribution in [2.75, 3.05) is 19.6 Å². The minimum absolute atomic E-state index is 0.0285. The average molecular weight is 326 g/mol. The molecule has 2 N–H and O–H groups in total. The highest BCUT2D eigenvalue weighted by molar-refractivity contribution is 5.97. The van der Waals surface area contributed by atoms with Gasteiger partial charge >= 0.3 is 0 Å². The summed E-state index contributed by atoms with van der Waals surface area (Å²) in [5, 5.41) is 3.21. The zero-order valence-electron chi connectivity index (χ0n) is 14.1. The lowest BCUT2D eigenvalue weighted by molar-refractivity contribution is 0.0906. The van der Waals surface area contributed by atoms with Gasteiger partial charge in [-0.3, -0.25) is 4.79 Å². The first-order valence-electron chi connectivity index (χ1n) is 9.24. The van der Waals surface area contributed by atoms with Crippen LogP contribution in [0.3, 0.4) is 0 Å². The molecule has 0 unspecified atom stereocenters. The van der Waals surface area contributed by atoms with Crippen molar-refractivity contribution in [2.45, 2.75) is 44.6 Å². The van der Waals surface area contributed by atoms with E-state index in [0.29, 0.717) is 11.6 Å². The van der Waals surface area contributed by atoms with Crippen LogP contribution in [0.1, 0.15) is 48.9 Å². The number of aromatic nitrogens is 2. The number of aromatic amines is 1. The number of benzene rings is 1. The number of hydrogen-bond donors (Lipinski definition) is 2. The van der Waals surface area contributed by atoms with Crippen molar-refractivity contribution >= 4 is 16.9 Å². The summed E-state index contributed by atoms with van der Waals surface area (Å²) < 4.78 is 0. The van der Waals surface area contributed by atoms with Gasteiger partial charge < -0.3 is 15.2 Å². The van der Waals surface area contributed by atoms with Gasteiger partial charge in [-0.15, -0.1) is 0 Å². The molecule has 0 radical (unpaired) electrons. The number of imidazole rings is 1. The maximum Gasteiger partial charge on any atom is 0.251 e. The van der Waals surface area contributed by atoms with Gasteiger partial charge in [-0.05, 0) is 49.8 Å². The highest BCUT2D eigenvalue weighted by atomic mass is 16.1. The standard InChI is InChI=1S/C19H26N4O/c24-19(15-5-6-17-18(11-15)21-13-20-17)22-16-7-9-23(10-8-16)12-14-3-1-2-4-14/h5-6,11,13-14,16H,1-4,7-10,12H2,(H,20,21)(H,22,24). The monoisotopic (exact) mass is 326 g/mol. The quantitative estimate of drug-likeness (QED) is 0.908. The van der Waals surface area contributed by atoms with Gasteiger partial charge in [0.1, 0.15) is 0 Å². The topological polar surface area (TPSA) is 61.0 Å². The van der Waals surface area contributed by atoms with Gasteiger partial charge in [0, 0.05) is 31.2 Å². The predicted molar refractivity (Wildman–Crippen MR) is 95.0 cm³/mol. The van der Waals surface area contributed by atoms with E-state index in [-0.39, 0.29) is 5.91 Å². The zero-order valence-corrected chi connectivity index (χ0v) is 14.1. The number of fused-ring (bicyclic) bond motifs is 1. The maximum absolute atomic E-state index is 12.5. The summed E-state index contributed by atoms with van der Waals surface area (Å²) in [4.78, 5) is 22.3. The molecule has 1 saturated heterocycles. The summed E-state index contributed by atoms with van der Waals surface area (Å²) in [6, 6.07) is 5.93. The Morgan fingerprint density at radius 3 is 2.79 bits per heavy atom. The summed E-state index contributed by atoms with van der Waals surface area (Å²) in [5.74, 6) is 0.943. The molecule has 1 aliphatic heterocycles. The van der Waals surface area contributed by atoms with Gasteiger partial charge in [-0.1, -0.05) is 12.8 Å². The SMILES string of the molecule is O=C(NC1CCN(CC2CCCC2)CC1)c1ccc2nc[nH]c2c1. The van der Waals surface area contributed by atoms with E-state index < -0.39 is 0 Å². The second-order valence-electron chi connectivity index (χ2n) is 7.33. The smallest absolute Gasteiger partial charge is 0.251 e. The van der Waals surface area contributed by atoms with E-state index in [2.05, 4.69) is 20.2 Å². The first kappa shape index (κ1) is 15.6. The molecule has 0 atom stereocenters. The molecule has 1 amide bonds. The summed E-state index contributed by atoms with van der Waals surface area (Å²) in [6.07, 6.45) is 9.43. The van der Waals surface area contributed by atoms with Crippen LogP contribution in [-0.2, 0) is 0 Å². The third kappa shape index (κ3) is 3.46. The van der Waals surface area contributed by atoms with Crippen LogP contribution in [0.2, 0.25) is 0 Å². The fourth-order valence-electron chi connectivity index (χ4n) is 4.16. The number of carbonyl (C=O) groups excluding carboxylic acids is 1. The van der Waals surface area contributed by atoms with Gasteiger partial charge in [0.2, 0.25) is 0 Å². The van der Waals surface area contributed by atoms with Crippen molar-refractivity contribution in [3.63, 3.8) is 0 Å². The third-order valence-corrected chi connectivity index (χ3v) is 5.60. The van der Waals surface area contributed by atoms with E-state index in [1.165, 1.54) is 32.2 Å². The molecule has 0 bridgehead atoms. The Hall–Kier alpha value is -1.88. The largest absolute Gasteiger partial charge is 0.349 e. The van der Waals surface area contributed by atoms with Crippen molar-refractivity contribution in [1.82, 2.24) is 20.2 Å². The molecule has 2 fully saturated rings. The Balaban J connectivity index is 1.29. The zero-order chi connectivity index (χ0) is 16.4. The van der Waals surface area contributed by atoms with E-state index in [1.54, 1.807) is 6.33 Å². The number of H-pyrrole nitrogens is 1. The highest BCUT2D eigenvalue weighted by Gasteiger charge is 2.24. The highest BCUT2D eigenvalue weighted by Crippen LogP contribution is 2.26. The molecule has 4 rings (SSSR count). The van der Waals surface area contributed by atoms with E-state index >= 15 is 0 Å². The Labute approximate surface area is 142 Å². The molecule has 1 aliphatic carbocycles. The molecular weight excluding hydrogens is 300 g/mol. The second kappa shape index (κ2) is 6.93. The lowest BCUT2D eigenvalue weighted by Gasteiger charge is -2.33. The fourth-order valence-corrected chi connectivity index (χ4v) is 4.16. The molecule has 0 spiro atoms. The first-order chi connectivity index (χ1) is 11.8. The molecule has 1 aromatic carbocycles. The number of likely N-dealkylation sites (tertiary alicyclic amines) is 1. The van der Waals surface area contributed by atoms with Crippen molar-refractivity contribution in [1.29, 1.82) is 0 Å². The Bertz CT molecular complexity index is 696. The summed E-state index contributed by atoms with van der Waals surface area (Å²) in [6.45, 7) is 3.49. The third-order valence-electron chi connectivity index (χ3n) is 5.60. The predicted octanol–water partition coefficient (Wildman–Crippen LogP) is 2.95. The lowest BCUT2D eigenvalue weighted by Crippen LogP contribution is -2.45.